The molecule has 5 nitrogen and oxygen atoms in total. The Labute approximate surface area is 121 Å². The summed E-state index contributed by atoms with van der Waals surface area (Å²) < 4.78 is 0. The number of hydrogen-bond acceptors (Lipinski definition) is 5. The Morgan fingerprint density at radius 3 is 2.50 bits per heavy atom. The fraction of sp³-hybridized carbons (Fsp3) is 0.667. The van der Waals surface area contributed by atoms with Gasteiger partial charge in [0.2, 0.25) is 0 Å². The van der Waals surface area contributed by atoms with Gasteiger partial charge >= 0.3 is 0 Å². The first-order chi connectivity index (χ1) is 9.67. The Hall–Kier alpha value is -1.67. The molecule has 0 spiro atoms. The zero-order valence-electron chi connectivity index (χ0n) is 12.6. The number of aromatic nitrogens is 2. The van der Waals surface area contributed by atoms with Crippen LogP contribution in [0.5, 0.6) is 0 Å². The topological polar surface area (TPSA) is 56.0 Å². The molecule has 0 saturated carbocycles. The highest BCUT2D eigenvalue weighted by atomic mass is 15.3. The van der Waals surface area contributed by atoms with Crippen LogP contribution in [0, 0.1) is 18.3 Å². The minimum Gasteiger partial charge on any atom is -0.354 e. The van der Waals surface area contributed by atoms with E-state index < -0.39 is 0 Å². The Kier molecular flexibility index (Phi) is 4.91. The predicted molar refractivity (Wildman–Crippen MR) is 79.6 cm³/mol. The van der Waals surface area contributed by atoms with Crippen LogP contribution < -0.4 is 4.90 Å². The van der Waals surface area contributed by atoms with Crippen molar-refractivity contribution < 1.29 is 0 Å². The molecule has 1 aromatic heterocycles. The van der Waals surface area contributed by atoms with Gasteiger partial charge in [-0.25, -0.2) is 9.97 Å². The number of hydrogen-bond donors (Lipinski definition) is 0. The van der Waals surface area contributed by atoms with Gasteiger partial charge in [-0.2, -0.15) is 5.26 Å². The quantitative estimate of drug-likeness (QED) is 0.837. The fourth-order valence-corrected chi connectivity index (χ4v) is 2.65. The highest BCUT2D eigenvalue weighted by Gasteiger charge is 2.23. The van der Waals surface area contributed by atoms with Gasteiger partial charge in [-0.3, -0.25) is 4.90 Å². The van der Waals surface area contributed by atoms with Gasteiger partial charge in [0.1, 0.15) is 11.6 Å². The molecule has 0 radical (unpaired) electrons. The molecular formula is C15H23N5. The zero-order valence-corrected chi connectivity index (χ0v) is 12.6. The second-order valence-corrected chi connectivity index (χ2v) is 5.19. The molecule has 20 heavy (non-hydrogen) atoms. The van der Waals surface area contributed by atoms with E-state index in [9.17, 15) is 0 Å². The first-order valence-corrected chi connectivity index (χ1v) is 7.41. The third kappa shape index (κ3) is 3.26. The second-order valence-electron chi connectivity index (χ2n) is 5.19. The number of nitriles is 1. The maximum absolute atomic E-state index is 9.14. The van der Waals surface area contributed by atoms with Gasteiger partial charge in [0.25, 0.3) is 0 Å². The average Bonchev–Trinajstić information content (AvgIpc) is 2.48. The fourth-order valence-electron chi connectivity index (χ4n) is 2.65. The largest absolute Gasteiger partial charge is 0.354 e. The van der Waals surface area contributed by atoms with Crippen LogP contribution >= 0.6 is 0 Å². The number of aryl methyl sites for hydroxylation is 2. The summed E-state index contributed by atoms with van der Waals surface area (Å²) in [6, 6.07) is 4.52. The van der Waals surface area contributed by atoms with E-state index in [1.807, 2.05) is 6.92 Å². The lowest BCUT2D eigenvalue weighted by molar-refractivity contribution is 0.216. The van der Waals surface area contributed by atoms with E-state index in [4.69, 9.17) is 5.26 Å². The molecule has 1 fully saturated rings. The van der Waals surface area contributed by atoms with E-state index in [1.165, 1.54) is 0 Å². The highest BCUT2D eigenvalue weighted by Crippen LogP contribution is 2.17. The molecule has 5 heteroatoms. The van der Waals surface area contributed by atoms with Crippen LogP contribution in [0.2, 0.25) is 0 Å². The molecule has 2 rings (SSSR count). The van der Waals surface area contributed by atoms with Gasteiger partial charge in [0.15, 0.2) is 0 Å². The summed E-state index contributed by atoms with van der Waals surface area (Å²) in [4.78, 5) is 13.5. The van der Waals surface area contributed by atoms with Gasteiger partial charge in [-0.15, -0.1) is 0 Å². The van der Waals surface area contributed by atoms with Gasteiger partial charge in [-0.1, -0.05) is 13.8 Å². The predicted octanol–water partition coefficient (Wildman–Crippen LogP) is 1.77. The molecule has 0 amide bonds. The summed E-state index contributed by atoms with van der Waals surface area (Å²) in [5, 5.41) is 9.14. The molecule has 1 saturated heterocycles. The SMILES string of the molecule is CCc1cc(N2CCN(C(C#N)CC)CC2)nc(C)n1. The van der Waals surface area contributed by atoms with Crippen LogP contribution in [-0.4, -0.2) is 47.1 Å². The summed E-state index contributed by atoms with van der Waals surface area (Å²) in [5.41, 5.74) is 1.10. The third-order valence-corrected chi connectivity index (χ3v) is 3.85. The number of anilines is 1. The standard InChI is InChI=1S/C15H23N5/c1-4-13-10-15(18-12(3)17-13)20-8-6-19(7-9-20)14(5-2)11-16/h10,14H,4-9H2,1-3H3. The molecule has 0 bridgehead atoms. The lowest BCUT2D eigenvalue weighted by Crippen LogP contribution is -2.50. The summed E-state index contributed by atoms with van der Waals surface area (Å²) in [5.74, 6) is 1.87. The first kappa shape index (κ1) is 14.7. The maximum atomic E-state index is 9.14. The highest BCUT2D eigenvalue weighted by molar-refractivity contribution is 5.40. The smallest absolute Gasteiger partial charge is 0.132 e. The van der Waals surface area contributed by atoms with Crippen molar-refractivity contribution in [3.8, 4) is 6.07 Å². The third-order valence-electron chi connectivity index (χ3n) is 3.85. The van der Waals surface area contributed by atoms with E-state index in [1.54, 1.807) is 0 Å². The Balaban J connectivity index is 2.04. The summed E-state index contributed by atoms with van der Waals surface area (Å²) in [7, 11) is 0. The van der Waals surface area contributed by atoms with E-state index in [0.29, 0.717) is 0 Å². The van der Waals surface area contributed by atoms with Gasteiger partial charge < -0.3 is 4.90 Å². The lowest BCUT2D eigenvalue weighted by atomic mass is 10.2. The Bertz CT molecular complexity index is 486. The molecule has 1 aliphatic rings. The molecule has 1 aliphatic heterocycles. The van der Waals surface area contributed by atoms with Crippen molar-refractivity contribution in [2.45, 2.75) is 39.7 Å². The number of rotatable bonds is 4. The molecule has 108 valence electrons. The normalized spacial score (nSPS) is 17.8. The van der Waals surface area contributed by atoms with E-state index in [2.05, 4.69) is 45.8 Å². The number of nitrogens with zero attached hydrogens (tertiary/aromatic N) is 5. The minimum absolute atomic E-state index is 0.0514. The average molecular weight is 273 g/mol. The van der Waals surface area contributed by atoms with Gasteiger partial charge in [0.05, 0.1) is 12.1 Å². The van der Waals surface area contributed by atoms with Crippen LogP contribution in [0.25, 0.3) is 0 Å². The lowest BCUT2D eigenvalue weighted by Gasteiger charge is -2.37. The molecular weight excluding hydrogens is 250 g/mol. The molecule has 1 unspecified atom stereocenters. The monoisotopic (exact) mass is 273 g/mol. The second kappa shape index (κ2) is 6.67. The first-order valence-electron chi connectivity index (χ1n) is 7.41. The summed E-state index contributed by atoms with van der Waals surface area (Å²) >= 11 is 0. The maximum Gasteiger partial charge on any atom is 0.132 e. The molecule has 1 atom stereocenters. The van der Waals surface area contributed by atoms with Crippen LogP contribution in [0.15, 0.2) is 6.07 Å². The Morgan fingerprint density at radius 1 is 1.25 bits per heavy atom. The molecule has 1 aromatic rings. The summed E-state index contributed by atoms with van der Waals surface area (Å²) in [6.45, 7) is 9.84. The van der Waals surface area contributed by atoms with Crippen LogP contribution in [0.3, 0.4) is 0 Å². The van der Waals surface area contributed by atoms with Crippen molar-refractivity contribution in [1.82, 2.24) is 14.9 Å². The minimum atomic E-state index is 0.0514. The van der Waals surface area contributed by atoms with E-state index in [-0.39, 0.29) is 6.04 Å². The molecule has 0 aromatic carbocycles. The van der Waals surface area contributed by atoms with Crippen molar-refractivity contribution >= 4 is 5.82 Å². The van der Waals surface area contributed by atoms with Crippen molar-refractivity contribution in [3.63, 3.8) is 0 Å². The van der Waals surface area contributed by atoms with E-state index >= 15 is 0 Å². The van der Waals surface area contributed by atoms with Gasteiger partial charge in [-0.05, 0) is 19.8 Å². The van der Waals surface area contributed by atoms with Crippen molar-refractivity contribution in [2.24, 2.45) is 0 Å². The van der Waals surface area contributed by atoms with Crippen molar-refractivity contribution in [3.05, 3.63) is 17.6 Å². The molecule has 0 N–H and O–H groups in total. The van der Waals surface area contributed by atoms with Crippen molar-refractivity contribution in [1.29, 1.82) is 5.26 Å². The van der Waals surface area contributed by atoms with Crippen LogP contribution in [0.1, 0.15) is 31.8 Å². The van der Waals surface area contributed by atoms with E-state index in [0.717, 1.165) is 56.4 Å². The Morgan fingerprint density at radius 2 is 1.95 bits per heavy atom. The van der Waals surface area contributed by atoms with Crippen molar-refractivity contribution in [2.75, 3.05) is 31.1 Å². The molecule has 2 heterocycles. The zero-order chi connectivity index (χ0) is 14.5. The van der Waals surface area contributed by atoms with Gasteiger partial charge in [0, 0.05) is 37.9 Å². The number of piperazine rings is 1. The molecule has 0 aliphatic carbocycles. The summed E-state index contributed by atoms with van der Waals surface area (Å²) in [6.07, 6.45) is 1.83. The van der Waals surface area contributed by atoms with Crippen LogP contribution in [-0.2, 0) is 6.42 Å². The van der Waals surface area contributed by atoms with Crippen LogP contribution in [0.4, 0.5) is 5.82 Å².